The van der Waals surface area contributed by atoms with Gasteiger partial charge in [0.1, 0.15) is 18.5 Å². The third kappa shape index (κ3) is 6.01. The minimum atomic E-state index is -1.08. The minimum absolute atomic E-state index is 0.177. The molecule has 0 aliphatic carbocycles. The van der Waals surface area contributed by atoms with Gasteiger partial charge in [0, 0.05) is 6.54 Å². The Labute approximate surface area is 160 Å². The molecule has 2 atom stereocenters. The van der Waals surface area contributed by atoms with Crippen LogP contribution in [0.3, 0.4) is 0 Å². The van der Waals surface area contributed by atoms with E-state index in [1.165, 1.54) is 7.11 Å². The number of alkyl carbamates (subject to hydrolysis) is 1. The molecule has 2 aromatic rings. The van der Waals surface area contributed by atoms with Crippen LogP contribution >= 0.6 is 15.9 Å². The van der Waals surface area contributed by atoms with Gasteiger partial charge in [-0.2, -0.15) is 0 Å². The molecule has 0 spiro atoms. The summed E-state index contributed by atoms with van der Waals surface area (Å²) in [4.78, 5) is 11.7. The number of methoxy groups -OCH3 is 1. The first-order valence-corrected chi connectivity index (χ1v) is 8.94. The second-order valence-corrected chi connectivity index (χ2v) is 6.54. The van der Waals surface area contributed by atoms with Crippen LogP contribution in [0.25, 0.3) is 0 Å². The zero-order chi connectivity index (χ0) is 18.9. The highest BCUT2D eigenvalue weighted by molar-refractivity contribution is 9.10. The molecule has 26 heavy (non-hydrogen) atoms. The second-order valence-electron chi connectivity index (χ2n) is 5.68. The average Bonchev–Trinajstić information content (AvgIpc) is 2.67. The zero-order valence-electron chi connectivity index (χ0n) is 14.4. The smallest absolute Gasteiger partial charge is 0.407 e. The SMILES string of the molecule is COc1cc(C(O)C(O)CCNC(=O)OCc2ccccc2)ccc1Br. The number of halogens is 1. The molecule has 0 aliphatic heterocycles. The van der Waals surface area contributed by atoms with Gasteiger partial charge < -0.3 is 25.0 Å². The Bertz CT molecular complexity index is 710. The number of rotatable bonds is 8. The molecule has 2 unspecified atom stereocenters. The van der Waals surface area contributed by atoms with Crippen molar-refractivity contribution in [2.24, 2.45) is 0 Å². The van der Waals surface area contributed by atoms with Gasteiger partial charge in [-0.05, 0) is 45.6 Å². The van der Waals surface area contributed by atoms with E-state index in [2.05, 4.69) is 21.2 Å². The topological polar surface area (TPSA) is 88.0 Å². The van der Waals surface area contributed by atoms with Crippen molar-refractivity contribution in [2.45, 2.75) is 25.2 Å². The van der Waals surface area contributed by atoms with Gasteiger partial charge in [-0.15, -0.1) is 0 Å². The predicted molar refractivity (Wildman–Crippen MR) is 101 cm³/mol. The Kier molecular flexibility index (Phi) is 7.90. The molecule has 0 heterocycles. The molecule has 0 aromatic heterocycles. The van der Waals surface area contributed by atoms with Crippen molar-refractivity contribution in [3.63, 3.8) is 0 Å². The lowest BCUT2D eigenvalue weighted by Gasteiger charge is -2.19. The van der Waals surface area contributed by atoms with Crippen molar-refractivity contribution in [3.8, 4) is 5.75 Å². The summed E-state index contributed by atoms with van der Waals surface area (Å²) >= 11 is 3.34. The van der Waals surface area contributed by atoms with Crippen LogP contribution in [0.2, 0.25) is 0 Å². The van der Waals surface area contributed by atoms with Crippen LogP contribution in [0.5, 0.6) is 5.75 Å². The summed E-state index contributed by atoms with van der Waals surface area (Å²) in [7, 11) is 1.53. The normalized spacial score (nSPS) is 12.9. The van der Waals surface area contributed by atoms with E-state index >= 15 is 0 Å². The van der Waals surface area contributed by atoms with E-state index in [1.54, 1.807) is 18.2 Å². The third-order valence-electron chi connectivity index (χ3n) is 3.80. The molecule has 0 bridgehead atoms. The number of hydrogen-bond donors (Lipinski definition) is 3. The molecule has 0 saturated heterocycles. The van der Waals surface area contributed by atoms with Crippen molar-refractivity contribution < 1.29 is 24.5 Å². The lowest BCUT2D eigenvalue weighted by molar-refractivity contribution is 0.0135. The fraction of sp³-hybridized carbons (Fsp3) is 0.316. The van der Waals surface area contributed by atoms with E-state index < -0.39 is 18.3 Å². The number of nitrogens with one attached hydrogen (secondary N) is 1. The Morgan fingerprint density at radius 2 is 1.92 bits per heavy atom. The lowest BCUT2D eigenvalue weighted by atomic mass is 10.0. The number of carbonyl (C=O) groups is 1. The van der Waals surface area contributed by atoms with Crippen LogP contribution in [0.4, 0.5) is 4.79 Å². The monoisotopic (exact) mass is 423 g/mol. The van der Waals surface area contributed by atoms with Gasteiger partial charge in [0.2, 0.25) is 0 Å². The second kappa shape index (κ2) is 10.2. The zero-order valence-corrected chi connectivity index (χ0v) is 16.0. The fourth-order valence-electron chi connectivity index (χ4n) is 2.34. The van der Waals surface area contributed by atoms with Crippen LogP contribution in [0.15, 0.2) is 53.0 Å². The first-order chi connectivity index (χ1) is 12.5. The average molecular weight is 424 g/mol. The summed E-state index contributed by atoms with van der Waals surface area (Å²) < 4.78 is 11.0. The van der Waals surface area contributed by atoms with Crippen molar-refractivity contribution in [2.75, 3.05) is 13.7 Å². The van der Waals surface area contributed by atoms with E-state index in [4.69, 9.17) is 9.47 Å². The van der Waals surface area contributed by atoms with Crippen LogP contribution in [-0.2, 0) is 11.3 Å². The number of aliphatic hydroxyl groups is 2. The maximum Gasteiger partial charge on any atom is 0.407 e. The van der Waals surface area contributed by atoms with E-state index in [0.717, 1.165) is 10.0 Å². The van der Waals surface area contributed by atoms with Crippen LogP contribution in [0, 0.1) is 0 Å². The molecule has 6 nitrogen and oxygen atoms in total. The number of carbonyl (C=O) groups excluding carboxylic acids is 1. The minimum Gasteiger partial charge on any atom is -0.496 e. The van der Waals surface area contributed by atoms with Crippen molar-refractivity contribution in [1.29, 1.82) is 0 Å². The molecule has 0 radical (unpaired) electrons. The maximum absolute atomic E-state index is 11.7. The Balaban J connectivity index is 1.75. The quantitative estimate of drug-likeness (QED) is 0.606. The van der Waals surface area contributed by atoms with Crippen molar-refractivity contribution >= 4 is 22.0 Å². The van der Waals surface area contributed by atoms with Gasteiger partial charge in [-0.25, -0.2) is 4.79 Å². The number of ether oxygens (including phenoxy) is 2. The first kappa shape index (κ1) is 20.2. The largest absolute Gasteiger partial charge is 0.496 e. The summed E-state index contributed by atoms with van der Waals surface area (Å²) in [6.45, 7) is 0.357. The standard InChI is InChI=1S/C19H22BrNO5/c1-25-17-11-14(7-8-15(17)20)18(23)16(22)9-10-21-19(24)26-12-13-5-3-2-4-6-13/h2-8,11,16,18,22-23H,9-10,12H2,1H3,(H,21,24). The van der Waals surface area contributed by atoms with Crippen LogP contribution in [-0.4, -0.2) is 36.1 Å². The molecular weight excluding hydrogens is 402 g/mol. The van der Waals surface area contributed by atoms with Crippen molar-refractivity contribution in [3.05, 3.63) is 64.1 Å². The molecular formula is C19H22BrNO5. The van der Waals surface area contributed by atoms with E-state index in [9.17, 15) is 15.0 Å². The molecule has 140 valence electrons. The first-order valence-electron chi connectivity index (χ1n) is 8.15. The van der Waals surface area contributed by atoms with Gasteiger partial charge >= 0.3 is 6.09 Å². The summed E-state index contributed by atoms with van der Waals surface area (Å²) in [5, 5.41) is 22.9. The molecule has 7 heteroatoms. The summed E-state index contributed by atoms with van der Waals surface area (Å²) in [6.07, 6.45) is -2.50. The van der Waals surface area contributed by atoms with Crippen LogP contribution in [0.1, 0.15) is 23.7 Å². The summed E-state index contributed by atoms with van der Waals surface area (Å²) in [6, 6.07) is 14.4. The Morgan fingerprint density at radius 3 is 2.62 bits per heavy atom. The van der Waals surface area contributed by atoms with Gasteiger partial charge in [0.15, 0.2) is 0 Å². The Hall–Kier alpha value is -2.09. The van der Waals surface area contributed by atoms with E-state index in [-0.39, 0.29) is 19.6 Å². The molecule has 3 N–H and O–H groups in total. The number of amides is 1. The number of aliphatic hydroxyl groups excluding tert-OH is 2. The number of benzene rings is 2. The molecule has 2 aromatic carbocycles. The predicted octanol–water partition coefficient (Wildman–Crippen LogP) is 3.17. The Morgan fingerprint density at radius 1 is 1.19 bits per heavy atom. The third-order valence-corrected chi connectivity index (χ3v) is 4.46. The summed E-state index contributed by atoms with van der Waals surface area (Å²) in [5.41, 5.74) is 1.42. The van der Waals surface area contributed by atoms with E-state index in [0.29, 0.717) is 11.3 Å². The molecule has 1 amide bonds. The van der Waals surface area contributed by atoms with Crippen LogP contribution < -0.4 is 10.1 Å². The van der Waals surface area contributed by atoms with Gasteiger partial charge in [-0.1, -0.05) is 36.4 Å². The molecule has 2 rings (SSSR count). The maximum atomic E-state index is 11.7. The molecule has 0 fully saturated rings. The highest BCUT2D eigenvalue weighted by atomic mass is 79.9. The van der Waals surface area contributed by atoms with Gasteiger partial charge in [0.05, 0.1) is 17.7 Å². The summed E-state index contributed by atoms with van der Waals surface area (Å²) in [5.74, 6) is 0.566. The highest BCUT2D eigenvalue weighted by Gasteiger charge is 2.19. The molecule has 0 saturated carbocycles. The highest BCUT2D eigenvalue weighted by Crippen LogP contribution is 2.29. The van der Waals surface area contributed by atoms with E-state index in [1.807, 2.05) is 30.3 Å². The lowest BCUT2D eigenvalue weighted by Crippen LogP contribution is -2.29. The van der Waals surface area contributed by atoms with Gasteiger partial charge in [0.25, 0.3) is 0 Å². The number of hydrogen-bond acceptors (Lipinski definition) is 5. The van der Waals surface area contributed by atoms with Crippen molar-refractivity contribution in [1.82, 2.24) is 5.32 Å². The molecule has 0 aliphatic rings. The fourth-order valence-corrected chi connectivity index (χ4v) is 2.75. The van der Waals surface area contributed by atoms with Gasteiger partial charge in [-0.3, -0.25) is 0 Å².